The molecule has 2 nitrogen and oxygen atoms in total. The smallest absolute Gasteiger partial charge is 0.0195 e. The lowest BCUT2D eigenvalue weighted by molar-refractivity contribution is 0.276. The van der Waals surface area contributed by atoms with E-state index in [9.17, 15) is 0 Å². The highest BCUT2D eigenvalue weighted by atomic mass is 32.2. The summed E-state index contributed by atoms with van der Waals surface area (Å²) >= 11 is 1.97. The number of thioether (sulfide) groups is 1. The Morgan fingerprint density at radius 1 is 1.32 bits per heavy atom. The number of hydrogen-bond acceptors (Lipinski definition) is 3. The van der Waals surface area contributed by atoms with Crippen molar-refractivity contribution in [3.05, 3.63) is 29.8 Å². The predicted molar refractivity (Wildman–Crippen MR) is 85.0 cm³/mol. The number of likely N-dealkylation sites (N-methyl/N-ethyl adjacent to an activating group) is 1. The number of nitrogens with one attached hydrogen (secondary N) is 1. The van der Waals surface area contributed by atoms with Gasteiger partial charge in [-0.1, -0.05) is 24.6 Å². The van der Waals surface area contributed by atoms with Crippen LogP contribution in [0.15, 0.2) is 29.2 Å². The molecule has 1 aromatic carbocycles. The van der Waals surface area contributed by atoms with Crippen LogP contribution in [0, 0.1) is 6.92 Å². The second-order valence-corrected chi connectivity index (χ2v) is 6.52. The van der Waals surface area contributed by atoms with Gasteiger partial charge in [-0.15, -0.1) is 11.8 Å². The van der Waals surface area contributed by atoms with E-state index < -0.39 is 0 Å². The zero-order valence-corrected chi connectivity index (χ0v) is 13.0. The highest BCUT2D eigenvalue weighted by Crippen LogP contribution is 2.18. The number of benzene rings is 1. The zero-order valence-electron chi connectivity index (χ0n) is 12.2. The van der Waals surface area contributed by atoms with Crippen LogP contribution >= 0.6 is 11.8 Å². The Morgan fingerprint density at radius 3 is 2.74 bits per heavy atom. The van der Waals surface area contributed by atoms with Gasteiger partial charge in [-0.25, -0.2) is 0 Å². The first kappa shape index (κ1) is 14.9. The first-order chi connectivity index (χ1) is 9.28. The van der Waals surface area contributed by atoms with E-state index in [2.05, 4.69) is 48.3 Å². The molecule has 0 radical (unpaired) electrons. The molecule has 0 aliphatic carbocycles. The van der Waals surface area contributed by atoms with Crippen LogP contribution in [0.3, 0.4) is 0 Å². The van der Waals surface area contributed by atoms with E-state index in [0.717, 1.165) is 12.6 Å². The maximum Gasteiger partial charge on any atom is 0.0195 e. The molecular weight excluding hydrogens is 252 g/mol. The Labute approximate surface area is 122 Å². The number of rotatable bonds is 7. The molecule has 19 heavy (non-hydrogen) atoms. The van der Waals surface area contributed by atoms with Crippen LogP contribution < -0.4 is 5.32 Å². The highest BCUT2D eigenvalue weighted by molar-refractivity contribution is 7.99. The molecule has 1 unspecified atom stereocenters. The van der Waals surface area contributed by atoms with Gasteiger partial charge in [0.15, 0.2) is 0 Å². The fourth-order valence-electron chi connectivity index (χ4n) is 2.53. The first-order valence-corrected chi connectivity index (χ1v) is 8.41. The summed E-state index contributed by atoms with van der Waals surface area (Å²) in [5.74, 6) is 1.18. The lowest BCUT2D eigenvalue weighted by Gasteiger charge is -2.23. The van der Waals surface area contributed by atoms with Crippen LogP contribution in [0.25, 0.3) is 0 Å². The van der Waals surface area contributed by atoms with Crippen molar-refractivity contribution in [3.63, 3.8) is 0 Å². The standard InChI is InChI=1S/C16H26N2S/c1-3-18(13-15-5-4-10-17-15)11-12-19-16-8-6-14(2)7-9-16/h6-9,15,17H,3-5,10-13H2,1-2H3. The van der Waals surface area contributed by atoms with E-state index in [1.54, 1.807) is 0 Å². The molecule has 0 aromatic heterocycles. The molecule has 3 heteroatoms. The van der Waals surface area contributed by atoms with Crippen LogP contribution in [0.5, 0.6) is 0 Å². The van der Waals surface area contributed by atoms with E-state index in [0.29, 0.717) is 0 Å². The first-order valence-electron chi connectivity index (χ1n) is 7.43. The van der Waals surface area contributed by atoms with Crippen molar-refractivity contribution in [2.24, 2.45) is 0 Å². The van der Waals surface area contributed by atoms with Crippen LogP contribution in [-0.2, 0) is 0 Å². The van der Waals surface area contributed by atoms with Crippen molar-refractivity contribution < 1.29 is 0 Å². The summed E-state index contributed by atoms with van der Waals surface area (Å²) in [4.78, 5) is 3.96. The van der Waals surface area contributed by atoms with Gasteiger partial charge < -0.3 is 10.2 Å². The van der Waals surface area contributed by atoms with Gasteiger partial charge in [0, 0.05) is 29.8 Å². The Hall–Kier alpha value is -0.510. The third-order valence-electron chi connectivity index (χ3n) is 3.79. The van der Waals surface area contributed by atoms with Gasteiger partial charge >= 0.3 is 0 Å². The highest BCUT2D eigenvalue weighted by Gasteiger charge is 2.16. The molecule has 1 aliphatic heterocycles. The minimum absolute atomic E-state index is 0.726. The lowest BCUT2D eigenvalue weighted by Crippen LogP contribution is -2.38. The summed E-state index contributed by atoms with van der Waals surface area (Å²) in [5.41, 5.74) is 1.34. The van der Waals surface area contributed by atoms with E-state index in [-0.39, 0.29) is 0 Å². The van der Waals surface area contributed by atoms with Crippen molar-refractivity contribution in [2.45, 2.75) is 37.6 Å². The number of nitrogens with zero attached hydrogens (tertiary/aromatic N) is 1. The molecular formula is C16H26N2S. The van der Waals surface area contributed by atoms with Crippen molar-refractivity contribution in [3.8, 4) is 0 Å². The predicted octanol–water partition coefficient (Wildman–Crippen LogP) is 3.16. The number of hydrogen-bond donors (Lipinski definition) is 1. The zero-order chi connectivity index (χ0) is 13.5. The van der Waals surface area contributed by atoms with E-state index in [1.807, 2.05) is 11.8 Å². The molecule has 1 saturated heterocycles. The van der Waals surface area contributed by atoms with Gasteiger partial charge in [-0.2, -0.15) is 0 Å². The SMILES string of the molecule is CCN(CCSc1ccc(C)cc1)CC1CCCN1. The number of aryl methyl sites for hydroxylation is 1. The summed E-state index contributed by atoms with van der Waals surface area (Å²) in [6.07, 6.45) is 2.70. The Bertz CT molecular complexity index is 358. The normalized spacial score (nSPS) is 19.2. The van der Waals surface area contributed by atoms with Gasteiger partial charge in [0.25, 0.3) is 0 Å². The molecule has 1 atom stereocenters. The average molecular weight is 278 g/mol. The summed E-state index contributed by atoms with van der Waals surface area (Å²) in [5, 5.41) is 3.59. The maximum atomic E-state index is 3.59. The molecule has 106 valence electrons. The quantitative estimate of drug-likeness (QED) is 0.771. The maximum absolute atomic E-state index is 3.59. The van der Waals surface area contributed by atoms with Crippen LogP contribution in [0.4, 0.5) is 0 Å². The fraction of sp³-hybridized carbons (Fsp3) is 0.625. The average Bonchev–Trinajstić information content (AvgIpc) is 2.93. The summed E-state index contributed by atoms with van der Waals surface area (Å²) in [6, 6.07) is 9.58. The molecule has 0 bridgehead atoms. The third-order valence-corrected chi connectivity index (χ3v) is 4.78. The van der Waals surface area contributed by atoms with Crippen LogP contribution in [-0.4, -0.2) is 42.9 Å². The van der Waals surface area contributed by atoms with Gasteiger partial charge in [-0.3, -0.25) is 0 Å². The third kappa shape index (κ3) is 5.17. The van der Waals surface area contributed by atoms with Gasteiger partial charge in [0.05, 0.1) is 0 Å². The Balaban J connectivity index is 1.69. The van der Waals surface area contributed by atoms with Crippen molar-refractivity contribution in [1.29, 1.82) is 0 Å². The van der Waals surface area contributed by atoms with Crippen molar-refractivity contribution in [2.75, 3.05) is 31.9 Å². The van der Waals surface area contributed by atoms with Crippen molar-refractivity contribution in [1.82, 2.24) is 10.2 Å². The summed E-state index contributed by atoms with van der Waals surface area (Å²) < 4.78 is 0. The molecule has 0 amide bonds. The summed E-state index contributed by atoms with van der Waals surface area (Å²) in [6.45, 7) is 9.18. The molecule has 1 aromatic rings. The second-order valence-electron chi connectivity index (χ2n) is 5.35. The summed E-state index contributed by atoms with van der Waals surface area (Å²) in [7, 11) is 0. The molecule has 1 fully saturated rings. The van der Waals surface area contributed by atoms with Crippen molar-refractivity contribution >= 4 is 11.8 Å². The Kier molecular flexibility index (Phi) is 6.21. The minimum atomic E-state index is 0.726. The lowest BCUT2D eigenvalue weighted by atomic mass is 10.2. The molecule has 2 rings (SSSR count). The van der Waals surface area contributed by atoms with Crippen LogP contribution in [0.1, 0.15) is 25.3 Å². The molecule has 0 saturated carbocycles. The molecule has 1 heterocycles. The second kappa shape index (κ2) is 7.93. The monoisotopic (exact) mass is 278 g/mol. The van der Waals surface area contributed by atoms with E-state index >= 15 is 0 Å². The minimum Gasteiger partial charge on any atom is -0.313 e. The van der Waals surface area contributed by atoms with E-state index in [4.69, 9.17) is 0 Å². The molecule has 0 spiro atoms. The van der Waals surface area contributed by atoms with Crippen LogP contribution in [0.2, 0.25) is 0 Å². The fourth-order valence-corrected chi connectivity index (χ4v) is 3.44. The van der Waals surface area contributed by atoms with Gasteiger partial charge in [0.1, 0.15) is 0 Å². The van der Waals surface area contributed by atoms with E-state index in [1.165, 1.54) is 48.7 Å². The Morgan fingerprint density at radius 2 is 2.11 bits per heavy atom. The molecule has 1 N–H and O–H groups in total. The largest absolute Gasteiger partial charge is 0.313 e. The molecule has 1 aliphatic rings. The van der Waals surface area contributed by atoms with Gasteiger partial charge in [0.2, 0.25) is 0 Å². The van der Waals surface area contributed by atoms with Gasteiger partial charge in [-0.05, 0) is 45.0 Å². The topological polar surface area (TPSA) is 15.3 Å².